The number of carbonyl (C=O) groups is 1. The Bertz CT molecular complexity index is 951. The molecule has 1 aromatic heterocycles. The maximum absolute atomic E-state index is 12.2. The van der Waals surface area contributed by atoms with Gasteiger partial charge < -0.3 is 14.6 Å². The number of aryl methyl sites for hydroxylation is 2. The molecule has 140 valence electrons. The minimum absolute atomic E-state index is 0.0720. The number of ether oxygens (including phenoxy) is 1. The first-order valence-electron chi connectivity index (χ1n) is 8.51. The molecule has 0 saturated carbocycles. The predicted octanol–water partition coefficient (Wildman–Crippen LogP) is 3.84. The van der Waals surface area contributed by atoms with Crippen LogP contribution in [0.15, 0.2) is 47.6 Å². The lowest BCUT2D eigenvalue weighted by Gasteiger charge is -2.08. The number of nitrogens with zero attached hydrogens (tertiary/aromatic N) is 3. The molecule has 27 heavy (non-hydrogen) atoms. The molecule has 2 aromatic carbocycles. The van der Waals surface area contributed by atoms with Crippen LogP contribution in [0.2, 0.25) is 0 Å². The Morgan fingerprint density at radius 1 is 1.11 bits per heavy atom. The van der Waals surface area contributed by atoms with Gasteiger partial charge in [0.05, 0.1) is 12.9 Å². The van der Waals surface area contributed by atoms with Gasteiger partial charge in [0.1, 0.15) is 5.75 Å². The highest BCUT2D eigenvalue weighted by atomic mass is 32.2. The van der Waals surface area contributed by atoms with Crippen LogP contribution >= 0.6 is 11.8 Å². The number of methoxy groups -OCH3 is 1. The predicted molar refractivity (Wildman–Crippen MR) is 108 cm³/mol. The van der Waals surface area contributed by atoms with E-state index in [4.69, 9.17) is 4.74 Å². The van der Waals surface area contributed by atoms with Crippen molar-refractivity contribution in [3.05, 3.63) is 53.6 Å². The van der Waals surface area contributed by atoms with Gasteiger partial charge in [-0.1, -0.05) is 17.8 Å². The van der Waals surface area contributed by atoms with Gasteiger partial charge in [0, 0.05) is 18.3 Å². The van der Waals surface area contributed by atoms with Gasteiger partial charge in [-0.25, -0.2) is 0 Å². The van der Waals surface area contributed by atoms with Crippen LogP contribution in [0.4, 0.5) is 5.69 Å². The topological polar surface area (TPSA) is 69.0 Å². The minimum Gasteiger partial charge on any atom is -0.497 e. The van der Waals surface area contributed by atoms with Gasteiger partial charge >= 0.3 is 0 Å². The normalized spacial score (nSPS) is 10.7. The second kappa shape index (κ2) is 8.26. The molecule has 3 rings (SSSR count). The zero-order valence-corrected chi connectivity index (χ0v) is 16.6. The number of amides is 1. The summed E-state index contributed by atoms with van der Waals surface area (Å²) in [6.07, 6.45) is 0. The van der Waals surface area contributed by atoms with Crippen molar-refractivity contribution in [1.29, 1.82) is 0 Å². The SMILES string of the molecule is COc1ccc(-c2nnc(SCC(=O)Nc3ccc(C)c(C)c3)n2C)cc1. The molecule has 6 nitrogen and oxygen atoms in total. The molecule has 0 aliphatic heterocycles. The zero-order valence-electron chi connectivity index (χ0n) is 15.8. The average molecular weight is 382 g/mol. The molecular formula is C20H22N4O2S. The van der Waals surface area contributed by atoms with Gasteiger partial charge in [0.2, 0.25) is 5.91 Å². The van der Waals surface area contributed by atoms with Crippen LogP contribution in [0.3, 0.4) is 0 Å². The van der Waals surface area contributed by atoms with Gasteiger partial charge in [-0.3, -0.25) is 4.79 Å². The third-order valence-electron chi connectivity index (χ3n) is 4.31. The second-order valence-corrected chi connectivity index (χ2v) is 7.17. The zero-order chi connectivity index (χ0) is 19.4. The lowest BCUT2D eigenvalue weighted by Crippen LogP contribution is -2.14. The van der Waals surface area contributed by atoms with E-state index in [1.165, 1.54) is 17.3 Å². The Balaban J connectivity index is 1.63. The van der Waals surface area contributed by atoms with Gasteiger partial charge in [-0.05, 0) is 61.4 Å². The third-order valence-corrected chi connectivity index (χ3v) is 5.33. The summed E-state index contributed by atoms with van der Waals surface area (Å²) in [7, 11) is 3.53. The number of anilines is 1. The third kappa shape index (κ3) is 4.49. The van der Waals surface area contributed by atoms with E-state index in [2.05, 4.69) is 15.5 Å². The number of hydrogen-bond acceptors (Lipinski definition) is 5. The van der Waals surface area contributed by atoms with Gasteiger partial charge in [-0.2, -0.15) is 0 Å². The molecule has 0 spiro atoms. The van der Waals surface area contributed by atoms with E-state index in [1.54, 1.807) is 7.11 Å². The highest BCUT2D eigenvalue weighted by molar-refractivity contribution is 7.99. The van der Waals surface area contributed by atoms with Gasteiger partial charge in [0.15, 0.2) is 11.0 Å². The summed E-state index contributed by atoms with van der Waals surface area (Å²) in [5, 5.41) is 12.1. The molecule has 0 atom stereocenters. The van der Waals surface area contributed by atoms with Crippen molar-refractivity contribution in [1.82, 2.24) is 14.8 Å². The van der Waals surface area contributed by atoms with E-state index in [0.717, 1.165) is 28.4 Å². The lowest BCUT2D eigenvalue weighted by atomic mass is 10.1. The largest absolute Gasteiger partial charge is 0.497 e. The van der Waals surface area contributed by atoms with Gasteiger partial charge in [0.25, 0.3) is 0 Å². The molecule has 7 heteroatoms. The van der Waals surface area contributed by atoms with Crippen molar-refractivity contribution < 1.29 is 9.53 Å². The smallest absolute Gasteiger partial charge is 0.234 e. The Morgan fingerprint density at radius 3 is 2.52 bits per heavy atom. The quantitative estimate of drug-likeness (QED) is 0.656. The number of thioether (sulfide) groups is 1. The second-order valence-electron chi connectivity index (χ2n) is 6.23. The Kier molecular flexibility index (Phi) is 5.81. The van der Waals surface area contributed by atoms with Crippen LogP contribution in [-0.4, -0.2) is 33.5 Å². The summed E-state index contributed by atoms with van der Waals surface area (Å²) in [4.78, 5) is 12.2. The summed E-state index contributed by atoms with van der Waals surface area (Å²) in [6.45, 7) is 4.07. The molecule has 1 heterocycles. The van der Waals surface area contributed by atoms with Gasteiger partial charge in [-0.15, -0.1) is 10.2 Å². The van der Waals surface area contributed by atoms with Crippen LogP contribution in [0, 0.1) is 13.8 Å². The van der Waals surface area contributed by atoms with E-state index < -0.39 is 0 Å². The number of nitrogens with one attached hydrogen (secondary N) is 1. The Labute approximate surface area is 163 Å². The molecule has 1 amide bonds. The molecule has 0 saturated heterocycles. The van der Waals surface area contributed by atoms with E-state index >= 15 is 0 Å². The molecule has 0 fully saturated rings. The van der Waals surface area contributed by atoms with Crippen molar-refractivity contribution in [3.63, 3.8) is 0 Å². The van der Waals surface area contributed by atoms with Crippen molar-refractivity contribution in [2.45, 2.75) is 19.0 Å². The van der Waals surface area contributed by atoms with Crippen LogP contribution in [0.5, 0.6) is 5.75 Å². The van der Waals surface area contributed by atoms with Crippen molar-refractivity contribution in [3.8, 4) is 17.1 Å². The molecule has 0 aliphatic carbocycles. The van der Waals surface area contributed by atoms with Crippen molar-refractivity contribution in [2.75, 3.05) is 18.2 Å². The highest BCUT2D eigenvalue weighted by Crippen LogP contribution is 2.24. The average Bonchev–Trinajstić information content (AvgIpc) is 3.03. The molecule has 0 bridgehead atoms. The Morgan fingerprint density at radius 2 is 1.85 bits per heavy atom. The van der Waals surface area contributed by atoms with Crippen molar-refractivity contribution in [2.24, 2.45) is 7.05 Å². The first-order valence-corrected chi connectivity index (χ1v) is 9.50. The molecule has 0 aliphatic rings. The molecule has 0 unspecified atom stereocenters. The van der Waals surface area contributed by atoms with Crippen LogP contribution < -0.4 is 10.1 Å². The molecule has 1 N–H and O–H groups in total. The number of benzene rings is 2. The number of rotatable bonds is 6. The fourth-order valence-corrected chi connectivity index (χ4v) is 3.29. The first kappa shape index (κ1) is 19.0. The summed E-state index contributed by atoms with van der Waals surface area (Å²) in [5.41, 5.74) is 4.10. The molecular weight excluding hydrogens is 360 g/mol. The van der Waals surface area contributed by atoms with Crippen LogP contribution in [-0.2, 0) is 11.8 Å². The van der Waals surface area contributed by atoms with E-state index in [-0.39, 0.29) is 11.7 Å². The summed E-state index contributed by atoms with van der Waals surface area (Å²) in [5.74, 6) is 1.73. The standard InChI is InChI=1S/C20H22N4O2S/c1-13-5-8-16(11-14(13)2)21-18(25)12-27-20-23-22-19(24(20)3)15-6-9-17(26-4)10-7-15/h5-11H,12H2,1-4H3,(H,21,25). The maximum Gasteiger partial charge on any atom is 0.234 e. The molecule has 3 aromatic rings. The fourth-order valence-electron chi connectivity index (χ4n) is 2.58. The monoisotopic (exact) mass is 382 g/mol. The summed E-state index contributed by atoms with van der Waals surface area (Å²) >= 11 is 1.36. The highest BCUT2D eigenvalue weighted by Gasteiger charge is 2.13. The van der Waals surface area contributed by atoms with Crippen LogP contribution in [0.25, 0.3) is 11.4 Å². The summed E-state index contributed by atoms with van der Waals surface area (Å²) in [6, 6.07) is 13.5. The van der Waals surface area contributed by atoms with E-state index in [0.29, 0.717) is 5.16 Å². The van der Waals surface area contributed by atoms with Crippen molar-refractivity contribution >= 4 is 23.4 Å². The summed E-state index contributed by atoms with van der Waals surface area (Å²) < 4.78 is 7.06. The number of aromatic nitrogens is 3. The number of carbonyl (C=O) groups excluding carboxylic acids is 1. The molecule has 0 radical (unpaired) electrons. The van der Waals surface area contributed by atoms with E-state index in [1.807, 2.05) is 67.9 Å². The fraction of sp³-hybridized carbons (Fsp3) is 0.250. The number of hydrogen-bond donors (Lipinski definition) is 1. The minimum atomic E-state index is -0.0720. The Hall–Kier alpha value is -2.80. The first-order chi connectivity index (χ1) is 13.0. The lowest BCUT2D eigenvalue weighted by molar-refractivity contribution is -0.113. The maximum atomic E-state index is 12.2. The van der Waals surface area contributed by atoms with Crippen LogP contribution in [0.1, 0.15) is 11.1 Å². The van der Waals surface area contributed by atoms with E-state index in [9.17, 15) is 4.79 Å².